The zero-order valence-corrected chi connectivity index (χ0v) is 16.5. The number of thioether (sulfide) groups is 1. The number of amides is 1. The van der Waals surface area contributed by atoms with Crippen LogP contribution in [0.5, 0.6) is 0 Å². The molecular formula is C20H21N5O2S. The van der Waals surface area contributed by atoms with E-state index in [1.54, 1.807) is 12.5 Å². The van der Waals surface area contributed by atoms with E-state index in [4.69, 9.17) is 4.42 Å². The molecule has 28 heavy (non-hydrogen) atoms. The van der Waals surface area contributed by atoms with Crippen LogP contribution in [-0.4, -0.2) is 32.6 Å². The van der Waals surface area contributed by atoms with Gasteiger partial charge in [0.1, 0.15) is 5.76 Å². The highest BCUT2D eigenvalue weighted by atomic mass is 32.2. The summed E-state index contributed by atoms with van der Waals surface area (Å²) in [4.78, 5) is 12.1. The fourth-order valence-corrected chi connectivity index (χ4v) is 3.28. The van der Waals surface area contributed by atoms with E-state index in [1.807, 2.05) is 67.0 Å². The smallest absolute Gasteiger partial charge is 0.250 e. The summed E-state index contributed by atoms with van der Waals surface area (Å²) in [6.07, 6.45) is 5.01. The molecule has 8 heteroatoms. The Morgan fingerprint density at radius 1 is 1.25 bits per heavy atom. The largest absolute Gasteiger partial charge is 0.465 e. The lowest BCUT2D eigenvalue weighted by Crippen LogP contribution is -2.20. The maximum atomic E-state index is 12.1. The summed E-state index contributed by atoms with van der Waals surface area (Å²) < 4.78 is 7.22. The van der Waals surface area contributed by atoms with E-state index in [0.717, 1.165) is 29.3 Å². The van der Waals surface area contributed by atoms with Crippen molar-refractivity contribution in [3.8, 4) is 11.4 Å². The van der Waals surface area contributed by atoms with E-state index in [9.17, 15) is 4.79 Å². The number of hydrogen-bond acceptors (Lipinski definition) is 6. The number of hydrazone groups is 1. The van der Waals surface area contributed by atoms with Crippen LogP contribution in [0.1, 0.15) is 19.6 Å². The molecule has 0 aliphatic heterocycles. The SMILES string of the molecule is CCn1c(SCC(=O)NN=C/C(C)=C\c2ccco2)nnc1-c1ccccc1. The predicted molar refractivity (Wildman–Crippen MR) is 111 cm³/mol. The average molecular weight is 395 g/mol. The summed E-state index contributed by atoms with van der Waals surface area (Å²) in [5.74, 6) is 1.52. The first-order chi connectivity index (χ1) is 13.7. The monoisotopic (exact) mass is 395 g/mol. The molecule has 1 aromatic carbocycles. The molecule has 0 saturated heterocycles. The van der Waals surface area contributed by atoms with Gasteiger partial charge in [0, 0.05) is 12.1 Å². The molecule has 0 bridgehead atoms. The number of hydrogen-bond donors (Lipinski definition) is 1. The van der Waals surface area contributed by atoms with E-state index >= 15 is 0 Å². The van der Waals surface area contributed by atoms with E-state index in [0.29, 0.717) is 5.16 Å². The lowest BCUT2D eigenvalue weighted by Gasteiger charge is -2.06. The van der Waals surface area contributed by atoms with Crippen molar-refractivity contribution in [2.75, 3.05) is 5.75 Å². The van der Waals surface area contributed by atoms with Gasteiger partial charge in [-0.2, -0.15) is 5.10 Å². The molecule has 0 spiro atoms. The number of nitrogens with zero attached hydrogens (tertiary/aromatic N) is 4. The molecule has 3 rings (SSSR count). The van der Waals surface area contributed by atoms with E-state index in [1.165, 1.54) is 11.8 Å². The van der Waals surface area contributed by atoms with Crippen LogP contribution >= 0.6 is 11.8 Å². The minimum atomic E-state index is -0.209. The maximum absolute atomic E-state index is 12.1. The number of carbonyl (C=O) groups excluding carboxylic acids is 1. The second kappa shape index (κ2) is 9.70. The number of benzene rings is 1. The Labute approximate surface area is 167 Å². The summed E-state index contributed by atoms with van der Waals surface area (Å²) in [5.41, 5.74) is 4.38. The molecule has 0 aliphatic carbocycles. The van der Waals surface area contributed by atoms with Crippen LogP contribution in [0.15, 0.2) is 69.0 Å². The third-order valence-electron chi connectivity index (χ3n) is 3.77. The molecule has 1 amide bonds. The minimum absolute atomic E-state index is 0.200. The van der Waals surface area contributed by atoms with Gasteiger partial charge in [-0.05, 0) is 37.6 Å². The Morgan fingerprint density at radius 3 is 2.79 bits per heavy atom. The van der Waals surface area contributed by atoms with Crippen molar-refractivity contribution in [1.29, 1.82) is 0 Å². The highest BCUT2D eigenvalue weighted by molar-refractivity contribution is 7.99. The van der Waals surface area contributed by atoms with Gasteiger partial charge < -0.3 is 8.98 Å². The zero-order chi connectivity index (χ0) is 19.8. The van der Waals surface area contributed by atoms with Crippen LogP contribution in [0.25, 0.3) is 17.5 Å². The second-order valence-corrected chi connectivity index (χ2v) is 6.84. The lowest BCUT2D eigenvalue weighted by molar-refractivity contribution is -0.118. The molecule has 0 radical (unpaired) electrons. The van der Waals surface area contributed by atoms with Crippen molar-refractivity contribution >= 4 is 30.0 Å². The standard InChI is InChI=1S/C20H21N5O2S/c1-3-25-19(16-8-5-4-6-9-16)23-24-20(25)28-14-18(26)22-21-13-15(2)12-17-10-7-11-27-17/h4-13H,3,14H2,1-2H3,(H,22,26)/b15-12-,21-13?. The second-order valence-electron chi connectivity index (χ2n) is 5.90. The van der Waals surface area contributed by atoms with Crippen molar-refractivity contribution in [2.45, 2.75) is 25.5 Å². The first kappa shape index (κ1) is 19.6. The first-order valence-corrected chi connectivity index (χ1v) is 9.81. The Bertz CT molecular complexity index is 962. The molecule has 0 unspecified atom stereocenters. The highest BCUT2D eigenvalue weighted by Crippen LogP contribution is 2.23. The number of aromatic nitrogens is 3. The van der Waals surface area contributed by atoms with Crippen molar-refractivity contribution in [2.24, 2.45) is 5.10 Å². The molecule has 0 aliphatic rings. The van der Waals surface area contributed by atoms with Crippen molar-refractivity contribution in [3.63, 3.8) is 0 Å². The van der Waals surface area contributed by atoms with Crippen LogP contribution in [0, 0.1) is 0 Å². The fraction of sp³-hybridized carbons (Fsp3) is 0.200. The van der Waals surface area contributed by atoms with Gasteiger partial charge in [0.2, 0.25) is 0 Å². The molecular weight excluding hydrogens is 374 g/mol. The Hall–Kier alpha value is -3.13. The molecule has 2 aromatic heterocycles. The molecule has 0 saturated carbocycles. The van der Waals surface area contributed by atoms with Crippen molar-refractivity contribution in [3.05, 3.63) is 60.1 Å². The molecule has 3 aromatic rings. The number of allylic oxidation sites excluding steroid dienone is 1. The predicted octanol–water partition coefficient (Wildman–Crippen LogP) is 3.86. The molecule has 0 fully saturated rings. The van der Waals surface area contributed by atoms with Crippen molar-refractivity contribution < 1.29 is 9.21 Å². The normalized spacial score (nSPS) is 11.9. The summed E-state index contributed by atoms with van der Waals surface area (Å²) >= 11 is 1.33. The van der Waals surface area contributed by atoms with Crippen LogP contribution in [0.4, 0.5) is 0 Å². The number of carbonyl (C=O) groups is 1. The van der Waals surface area contributed by atoms with Crippen LogP contribution in [-0.2, 0) is 11.3 Å². The van der Waals surface area contributed by atoms with Gasteiger partial charge in [-0.15, -0.1) is 10.2 Å². The topological polar surface area (TPSA) is 85.3 Å². The Kier molecular flexibility index (Phi) is 6.80. The molecule has 7 nitrogen and oxygen atoms in total. The molecule has 1 N–H and O–H groups in total. The van der Waals surface area contributed by atoms with Gasteiger partial charge in [-0.3, -0.25) is 4.79 Å². The van der Waals surface area contributed by atoms with Gasteiger partial charge in [0.05, 0.1) is 18.2 Å². The average Bonchev–Trinajstić information content (AvgIpc) is 3.36. The van der Waals surface area contributed by atoms with Gasteiger partial charge in [-0.1, -0.05) is 42.1 Å². The molecule has 0 atom stereocenters. The van der Waals surface area contributed by atoms with Gasteiger partial charge in [0.15, 0.2) is 11.0 Å². The quantitative estimate of drug-likeness (QED) is 0.356. The molecule has 144 valence electrons. The van der Waals surface area contributed by atoms with Gasteiger partial charge in [0.25, 0.3) is 5.91 Å². The van der Waals surface area contributed by atoms with Crippen LogP contribution in [0.3, 0.4) is 0 Å². The van der Waals surface area contributed by atoms with Crippen LogP contribution < -0.4 is 5.43 Å². The maximum Gasteiger partial charge on any atom is 0.250 e. The summed E-state index contributed by atoms with van der Waals surface area (Å²) in [7, 11) is 0. The minimum Gasteiger partial charge on any atom is -0.465 e. The highest BCUT2D eigenvalue weighted by Gasteiger charge is 2.14. The van der Waals surface area contributed by atoms with E-state index < -0.39 is 0 Å². The number of rotatable bonds is 8. The summed E-state index contributed by atoms with van der Waals surface area (Å²) in [6.45, 7) is 4.62. The number of nitrogens with one attached hydrogen (secondary N) is 1. The van der Waals surface area contributed by atoms with Crippen molar-refractivity contribution in [1.82, 2.24) is 20.2 Å². The Morgan fingerprint density at radius 2 is 2.07 bits per heavy atom. The fourth-order valence-electron chi connectivity index (χ4n) is 2.48. The lowest BCUT2D eigenvalue weighted by atomic mass is 10.2. The third kappa shape index (κ3) is 5.20. The summed E-state index contributed by atoms with van der Waals surface area (Å²) in [5, 5.41) is 13.2. The third-order valence-corrected chi connectivity index (χ3v) is 4.73. The van der Waals surface area contributed by atoms with Crippen LogP contribution in [0.2, 0.25) is 0 Å². The molecule has 2 heterocycles. The van der Waals surface area contributed by atoms with E-state index in [-0.39, 0.29) is 11.7 Å². The van der Waals surface area contributed by atoms with E-state index in [2.05, 4.69) is 20.7 Å². The zero-order valence-electron chi connectivity index (χ0n) is 15.7. The number of furan rings is 1. The van der Waals surface area contributed by atoms with Gasteiger partial charge in [-0.25, -0.2) is 5.43 Å². The Balaban J connectivity index is 1.55. The van der Waals surface area contributed by atoms with Gasteiger partial charge >= 0.3 is 0 Å². The summed E-state index contributed by atoms with van der Waals surface area (Å²) in [6, 6.07) is 13.5. The first-order valence-electron chi connectivity index (χ1n) is 8.82.